The van der Waals surface area contributed by atoms with Crippen molar-refractivity contribution in [1.82, 2.24) is 0 Å². The van der Waals surface area contributed by atoms with Crippen molar-refractivity contribution in [3.63, 3.8) is 0 Å². The lowest BCUT2D eigenvalue weighted by atomic mass is 9.80. The van der Waals surface area contributed by atoms with Crippen molar-refractivity contribution >= 4 is 5.97 Å². The van der Waals surface area contributed by atoms with Crippen LogP contribution in [-0.4, -0.2) is 24.3 Å². The Hall–Kier alpha value is -0.570. The van der Waals surface area contributed by atoms with Gasteiger partial charge in [-0.05, 0) is 45.4 Å². The number of aliphatic hydroxyl groups excluding tert-OH is 1. The van der Waals surface area contributed by atoms with Gasteiger partial charge in [-0.25, -0.2) is 0 Å². The molecule has 0 unspecified atom stereocenters. The van der Waals surface area contributed by atoms with E-state index in [1.165, 1.54) is 12.8 Å². The van der Waals surface area contributed by atoms with Gasteiger partial charge in [0.1, 0.15) is 0 Å². The maximum Gasteiger partial charge on any atom is 0.311 e. The Bertz CT molecular complexity index is 230. The molecule has 1 N–H and O–H groups in total. The molecule has 1 aliphatic carbocycles. The van der Waals surface area contributed by atoms with E-state index in [0.717, 1.165) is 12.8 Å². The minimum atomic E-state index is -0.427. The third-order valence-electron chi connectivity index (χ3n) is 3.34. The summed E-state index contributed by atoms with van der Waals surface area (Å²) in [6.07, 6.45) is 4.51. The van der Waals surface area contributed by atoms with Gasteiger partial charge in [0.25, 0.3) is 0 Å². The molecule has 3 nitrogen and oxygen atoms in total. The predicted molar refractivity (Wildman–Crippen MR) is 62.9 cm³/mol. The molecule has 2 atom stereocenters. The first-order valence-electron chi connectivity index (χ1n) is 6.23. The number of hydrogen-bond acceptors (Lipinski definition) is 3. The van der Waals surface area contributed by atoms with Crippen molar-refractivity contribution in [3.8, 4) is 0 Å². The second kappa shape index (κ2) is 5.67. The van der Waals surface area contributed by atoms with Crippen molar-refractivity contribution in [2.75, 3.05) is 13.2 Å². The first-order chi connectivity index (χ1) is 7.45. The molecular formula is C13H24O3. The van der Waals surface area contributed by atoms with Crippen molar-refractivity contribution < 1.29 is 14.6 Å². The normalized spacial score (nSPS) is 26.5. The Labute approximate surface area is 98.2 Å². The van der Waals surface area contributed by atoms with Gasteiger partial charge in [0.2, 0.25) is 0 Å². The molecule has 3 heteroatoms. The molecule has 0 amide bonds. The number of carbonyl (C=O) groups is 1. The maximum absolute atomic E-state index is 11.6. The third kappa shape index (κ3) is 3.78. The molecule has 0 spiro atoms. The second-order valence-corrected chi connectivity index (χ2v) is 5.84. The largest absolute Gasteiger partial charge is 0.465 e. The lowest BCUT2D eigenvalue weighted by Gasteiger charge is -2.30. The Kier molecular flexibility index (Phi) is 4.78. The molecule has 94 valence electrons. The van der Waals surface area contributed by atoms with Crippen LogP contribution in [0.15, 0.2) is 0 Å². The van der Waals surface area contributed by atoms with Gasteiger partial charge >= 0.3 is 5.97 Å². The molecular weight excluding hydrogens is 204 g/mol. The summed E-state index contributed by atoms with van der Waals surface area (Å²) < 4.78 is 5.33. The van der Waals surface area contributed by atoms with Crippen molar-refractivity contribution in [2.45, 2.75) is 46.5 Å². The van der Waals surface area contributed by atoms with Crippen LogP contribution in [0, 0.1) is 17.3 Å². The summed E-state index contributed by atoms with van der Waals surface area (Å²) in [6, 6.07) is 0. The average molecular weight is 228 g/mol. The van der Waals surface area contributed by atoms with Crippen LogP contribution >= 0.6 is 0 Å². The highest BCUT2D eigenvalue weighted by atomic mass is 16.5. The third-order valence-corrected chi connectivity index (χ3v) is 3.34. The van der Waals surface area contributed by atoms with Crippen LogP contribution in [0.5, 0.6) is 0 Å². The highest BCUT2D eigenvalue weighted by Gasteiger charge is 2.28. The van der Waals surface area contributed by atoms with Crippen LogP contribution in [0.3, 0.4) is 0 Å². The summed E-state index contributed by atoms with van der Waals surface area (Å²) in [6.45, 7) is 6.28. The topological polar surface area (TPSA) is 46.5 Å². The van der Waals surface area contributed by atoms with Crippen molar-refractivity contribution in [3.05, 3.63) is 0 Å². The summed E-state index contributed by atoms with van der Waals surface area (Å²) in [4.78, 5) is 11.6. The van der Waals surface area contributed by atoms with Crippen LogP contribution in [0.2, 0.25) is 0 Å². The van der Waals surface area contributed by atoms with Crippen LogP contribution in [0.1, 0.15) is 46.5 Å². The number of rotatable bonds is 3. The van der Waals surface area contributed by atoms with E-state index in [9.17, 15) is 9.90 Å². The van der Waals surface area contributed by atoms with Gasteiger partial charge in [0, 0.05) is 6.61 Å². The van der Waals surface area contributed by atoms with Gasteiger partial charge in [-0.3, -0.25) is 4.79 Å². The molecule has 0 aromatic heterocycles. The molecule has 0 bridgehead atoms. The molecule has 0 aromatic rings. The highest BCUT2D eigenvalue weighted by molar-refractivity contribution is 5.75. The lowest BCUT2D eigenvalue weighted by molar-refractivity contribution is -0.155. The minimum absolute atomic E-state index is 0.144. The molecule has 16 heavy (non-hydrogen) atoms. The molecule has 0 heterocycles. The zero-order valence-corrected chi connectivity index (χ0v) is 10.7. The fourth-order valence-electron chi connectivity index (χ4n) is 2.14. The van der Waals surface area contributed by atoms with Crippen molar-refractivity contribution in [2.24, 2.45) is 17.3 Å². The maximum atomic E-state index is 11.6. The van der Waals surface area contributed by atoms with E-state index in [0.29, 0.717) is 18.4 Å². The summed E-state index contributed by atoms with van der Waals surface area (Å²) in [5.74, 6) is 0.529. The Morgan fingerprint density at radius 2 is 1.81 bits per heavy atom. The summed E-state index contributed by atoms with van der Waals surface area (Å²) >= 11 is 0. The minimum Gasteiger partial charge on any atom is -0.465 e. The van der Waals surface area contributed by atoms with Gasteiger partial charge in [-0.15, -0.1) is 0 Å². The van der Waals surface area contributed by atoms with Gasteiger partial charge < -0.3 is 9.84 Å². The van der Waals surface area contributed by atoms with Gasteiger partial charge in [-0.1, -0.05) is 12.8 Å². The predicted octanol–water partition coefficient (Wildman–Crippen LogP) is 2.37. The number of aliphatic hydroxyl groups is 1. The van der Waals surface area contributed by atoms with E-state index < -0.39 is 5.41 Å². The SMILES string of the molecule is CC(C)(C)C(=O)OC[C@@H]1CCCC[C@H]1CO. The number of ether oxygens (including phenoxy) is 1. The fraction of sp³-hybridized carbons (Fsp3) is 0.923. The molecule has 0 aromatic carbocycles. The molecule has 1 fully saturated rings. The van der Waals surface area contributed by atoms with E-state index in [4.69, 9.17) is 4.74 Å². The van der Waals surface area contributed by atoms with E-state index >= 15 is 0 Å². The van der Waals surface area contributed by atoms with Crippen LogP contribution in [0.4, 0.5) is 0 Å². The Balaban J connectivity index is 2.38. The molecule has 1 aliphatic rings. The van der Waals surface area contributed by atoms with Crippen molar-refractivity contribution in [1.29, 1.82) is 0 Å². The number of carbonyl (C=O) groups excluding carboxylic acids is 1. The Morgan fingerprint density at radius 1 is 1.25 bits per heavy atom. The van der Waals surface area contributed by atoms with Gasteiger partial charge in [0.05, 0.1) is 12.0 Å². The molecule has 0 aliphatic heterocycles. The average Bonchev–Trinajstić information content (AvgIpc) is 2.24. The molecule has 1 rings (SSSR count). The van der Waals surface area contributed by atoms with Gasteiger partial charge in [-0.2, -0.15) is 0 Å². The van der Waals surface area contributed by atoms with E-state index in [1.807, 2.05) is 20.8 Å². The number of esters is 1. The summed E-state index contributed by atoms with van der Waals surface area (Å²) in [5, 5.41) is 9.25. The first kappa shape index (κ1) is 13.5. The molecule has 0 radical (unpaired) electrons. The molecule has 0 saturated heterocycles. The van der Waals surface area contributed by atoms with Gasteiger partial charge in [0.15, 0.2) is 0 Å². The first-order valence-corrected chi connectivity index (χ1v) is 6.23. The smallest absolute Gasteiger partial charge is 0.311 e. The zero-order valence-electron chi connectivity index (χ0n) is 10.7. The summed E-state index contributed by atoms with van der Waals surface area (Å²) in [7, 11) is 0. The van der Waals surface area contributed by atoms with E-state index in [-0.39, 0.29) is 12.6 Å². The fourth-order valence-corrected chi connectivity index (χ4v) is 2.14. The lowest BCUT2D eigenvalue weighted by Crippen LogP contribution is -2.31. The highest BCUT2D eigenvalue weighted by Crippen LogP contribution is 2.30. The zero-order chi connectivity index (χ0) is 12.2. The van der Waals surface area contributed by atoms with Crippen LogP contribution < -0.4 is 0 Å². The number of hydrogen-bond donors (Lipinski definition) is 1. The van der Waals surface area contributed by atoms with Crippen LogP contribution in [0.25, 0.3) is 0 Å². The monoisotopic (exact) mass is 228 g/mol. The van der Waals surface area contributed by atoms with Crippen LogP contribution in [-0.2, 0) is 9.53 Å². The Morgan fingerprint density at radius 3 is 2.31 bits per heavy atom. The molecule has 1 saturated carbocycles. The second-order valence-electron chi connectivity index (χ2n) is 5.84. The summed E-state index contributed by atoms with van der Waals surface area (Å²) in [5.41, 5.74) is -0.427. The quantitative estimate of drug-likeness (QED) is 0.754. The standard InChI is InChI=1S/C13H24O3/c1-13(2,3)12(15)16-9-11-7-5-4-6-10(11)8-14/h10-11,14H,4-9H2,1-3H3/t10-,11-/m0/s1. The van der Waals surface area contributed by atoms with E-state index in [2.05, 4.69) is 0 Å². The van der Waals surface area contributed by atoms with E-state index in [1.54, 1.807) is 0 Å².